The molecule has 8 heteroatoms. The summed E-state index contributed by atoms with van der Waals surface area (Å²) in [5.41, 5.74) is -0.744. The van der Waals surface area contributed by atoms with Crippen LogP contribution in [0.15, 0.2) is 18.2 Å². The summed E-state index contributed by atoms with van der Waals surface area (Å²) >= 11 is 0. The van der Waals surface area contributed by atoms with Crippen LogP contribution in [0.2, 0.25) is 0 Å². The number of anilines is 1. The summed E-state index contributed by atoms with van der Waals surface area (Å²) in [6.07, 6.45) is 3.43. The quantitative estimate of drug-likeness (QED) is 0.616. The summed E-state index contributed by atoms with van der Waals surface area (Å²) in [6.45, 7) is 3.66. The molecule has 0 atom stereocenters. The summed E-state index contributed by atoms with van der Waals surface area (Å²) in [7, 11) is 0. The molecule has 0 aromatic heterocycles. The molecule has 0 spiro atoms. The maximum atomic E-state index is 12.5. The molecule has 26 heavy (non-hydrogen) atoms. The van der Waals surface area contributed by atoms with Gasteiger partial charge in [-0.25, -0.2) is 4.79 Å². The number of aliphatic carboxylic acids is 1. The van der Waals surface area contributed by atoms with Gasteiger partial charge in [-0.1, -0.05) is 6.92 Å². The molecule has 1 amide bonds. The number of nitrogens with one attached hydrogen (secondary N) is 1. The first kappa shape index (κ1) is 18.2. The fourth-order valence-electron chi connectivity index (χ4n) is 3.54. The molecule has 1 saturated heterocycles. The number of carboxylic acid groups (broad SMARTS) is 1. The van der Waals surface area contributed by atoms with Gasteiger partial charge in [-0.3, -0.25) is 14.9 Å². The number of carbonyl (C=O) groups excluding carboxylic acids is 1. The molecule has 1 aliphatic heterocycles. The van der Waals surface area contributed by atoms with Crippen LogP contribution in [-0.4, -0.2) is 40.5 Å². The molecule has 2 fully saturated rings. The van der Waals surface area contributed by atoms with Gasteiger partial charge in [0.25, 0.3) is 11.6 Å². The van der Waals surface area contributed by atoms with Crippen molar-refractivity contribution in [2.45, 2.75) is 44.6 Å². The van der Waals surface area contributed by atoms with E-state index in [9.17, 15) is 24.8 Å². The highest BCUT2D eigenvalue weighted by atomic mass is 16.6. The van der Waals surface area contributed by atoms with Crippen molar-refractivity contribution in [3.63, 3.8) is 0 Å². The number of amides is 1. The molecule has 140 valence electrons. The number of nitro groups is 1. The van der Waals surface area contributed by atoms with Crippen molar-refractivity contribution >= 4 is 23.3 Å². The molecular weight excluding hydrogens is 338 g/mol. The number of carboxylic acids is 1. The van der Waals surface area contributed by atoms with Crippen LogP contribution in [0.3, 0.4) is 0 Å². The van der Waals surface area contributed by atoms with Crippen LogP contribution in [-0.2, 0) is 4.79 Å². The SMILES string of the molecule is CC1CCN(c2ccc(C(=O)NC3(C(=O)O)CCC3)cc2[N+](=O)[O-])CC1. The number of benzene rings is 1. The number of carbonyl (C=O) groups is 2. The van der Waals surface area contributed by atoms with E-state index >= 15 is 0 Å². The van der Waals surface area contributed by atoms with Gasteiger partial charge in [0.05, 0.1) is 4.92 Å². The van der Waals surface area contributed by atoms with Crippen molar-refractivity contribution in [1.82, 2.24) is 5.32 Å². The Morgan fingerprint density at radius 1 is 1.31 bits per heavy atom. The van der Waals surface area contributed by atoms with Crippen molar-refractivity contribution in [3.05, 3.63) is 33.9 Å². The average molecular weight is 361 g/mol. The lowest BCUT2D eigenvalue weighted by Gasteiger charge is -2.38. The van der Waals surface area contributed by atoms with Gasteiger partial charge in [0.1, 0.15) is 11.2 Å². The normalized spacial score (nSPS) is 19.5. The van der Waals surface area contributed by atoms with Crippen LogP contribution in [0.4, 0.5) is 11.4 Å². The second kappa shape index (κ2) is 6.93. The maximum Gasteiger partial charge on any atom is 0.329 e. The molecule has 0 bridgehead atoms. The van der Waals surface area contributed by atoms with E-state index in [-0.39, 0.29) is 11.3 Å². The molecular formula is C18H23N3O5. The van der Waals surface area contributed by atoms with Gasteiger partial charge in [-0.05, 0) is 50.2 Å². The molecule has 1 aromatic rings. The first-order chi connectivity index (χ1) is 12.3. The monoisotopic (exact) mass is 361 g/mol. The van der Waals surface area contributed by atoms with Gasteiger partial charge < -0.3 is 15.3 Å². The Morgan fingerprint density at radius 2 is 1.96 bits per heavy atom. The third-order valence-corrected chi connectivity index (χ3v) is 5.53. The Kier molecular flexibility index (Phi) is 4.84. The number of hydrogen-bond acceptors (Lipinski definition) is 5. The number of nitro benzene ring substituents is 1. The van der Waals surface area contributed by atoms with Crippen LogP contribution < -0.4 is 10.2 Å². The standard InChI is InChI=1S/C18H23N3O5/c1-12-5-9-20(10-6-12)14-4-3-13(11-15(14)21(25)26)16(22)19-18(17(23)24)7-2-8-18/h3-4,11-12H,2,5-10H2,1H3,(H,19,22)(H,23,24). The third-order valence-electron chi connectivity index (χ3n) is 5.53. The van der Waals surface area contributed by atoms with Crippen LogP contribution in [0, 0.1) is 16.0 Å². The van der Waals surface area contributed by atoms with Crippen LogP contribution in [0.25, 0.3) is 0 Å². The van der Waals surface area contributed by atoms with E-state index in [1.165, 1.54) is 12.1 Å². The van der Waals surface area contributed by atoms with E-state index in [0.717, 1.165) is 32.4 Å². The van der Waals surface area contributed by atoms with E-state index in [2.05, 4.69) is 12.2 Å². The summed E-state index contributed by atoms with van der Waals surface area (Å²) in [4.78, 5) is 36.9. The average Bonchev–Trinajstić information content (AvgIpc) is 2.57. The highest BCUT2D eigenvalue weighted by Gasteiger charge is 2.45. The van der Waals surface area contributed by atoms with E-state index < -0.39 is 22.3 Å². The highest BCUT2D eigenvalue weighted by Crippen LogP contribution is 2.34. The summed E-state index contributed by atoms with van der Waals surface area (Å²) in [5, 5.41) is 23.4. The molecule has 0 unspecified atom stereocenters. The van der Waals surface area contributed by atoms with Crippen LogP contribution in [0.1, 0.15) is 49.4 Å². The van der Waals surface area contributed by atoms with Crippen molar-refractivity contribution in [2.75, 3.05) is 18.0 Å². The molecule has 1 aliphatic carbocycles. The minimum absolute atomic E-state index is 0.110. The van der Waals surface area contributed by atoms with E-state index in [4.69, 9.17) is 0 Å². The van der Waals surface area contributed by atoms with E-state index in [0.29, 0.717) is 24.4 Å². The Morgan fingerprint density at radius 3 is 2.46 bits per heavy atom. The summed E-state index contributed by atoms with van der Waals surface area (Å²) in [5.74, 6) is -1.05. The Labute approximate surface area is 151 Å². The molecule has 8 nitrogen and oxygen atoms in total. The molecule has 1 saturated carbocycles. The van der Waals surface area contributed by atoms with Gasteiger partial charge in [0.2, 0.25) is 0 Å². The zero-order chi connectivity index (χ0) is 18.9. The highest BCUT2D eigenvalue weighted by molar-refractivity contribution is 5.99. The Balaban J connectivity index is 1.83. The van der Waals surface area contributed by atoms with Gasteiger partial charge in [-0.15, -0.1) is 0 Å². The molecule has 3 rings (SSSR count). The first-order valence-electron chi connectivity index (χ1n) is 8.92. The fraction of sp³-hybridized carbons (Fsp3) is 0.556. The molecule has 1 heterocycles. The third kappa shape index (κ3) is 3.36. The Hall–Kier alpha value is -2.64. The minimum atomic E-state index is -1.24. The topological polar surface area (TPSA) is 113 Å². The smallest absolute Gasteiger partial charge is 0.329 e. The zero-order valence-electron chi connectivity index (χ0n) is 14.7. The van der Waals surface area contributed by atoms with E-state index in [1.807, 2.05) is 4.90 Å². The molecule has 0 radical (unpaired) electrons. The zero-order valence-corrected chi connectivity index (χ0v) is 14.7. The van der Waals surface area contributed by atoms with Gasteiger partial charge in [-0.2, -0.15) is 0 Å². The summed E-state index contributed by atoms with van der Waals surface area (Å²) < 4.78 is 0. The lowest BCUT2D eigenvalue weighted by Crippen LogP contribution is -2.59. The molecule has 2 N–H and O–H groups in total. The van der Waals surface area contributed by atoms with Gasteiger partial charge in [0, 0.05) is 24.7 Å². The van der Waals surface area contributed by atoms with Crippen LogP contribution in [0.5, 0.6) is 0 Å². The lowest BCUT2D eigenvalue weighted by molar-refractivity contribution is -0.384. The number of piperidine rings is 1. The number of hydrogen-bond donors (Lipinski definition) is 2. The van der Waals surface area contributed by atoms with Crippen molar-refractivity contribution in [1.29, 1.82) is 0 Å². The van der Waals surface area contributed by atoms with E-state index in [1.54, 1.807) is 6.07 Å². The Bertz CT molecular complexity index is 736. The lowest BCUT2D eigenvalue weighted by atomic mass is 9.76. The fourth-order valence-corrected chi connectivity index (χ4v) is 3.54. The van der Waals surface area contributed by atoms with Crippen molar-refractivity contribution in [2.24, 2.45) is 5.92 Å². The minimum Gasteiger partial charge on any atom is -0.480 e. The number of nitrogens with zero attached hydrogens (tertiary/aromatic N) is 2. The predicted octanol–water partition coefficient (Wildman–Crippen LogP) is 2.57. The first-order valence-corrected chi connectivity index (χ1v) is 8.92. The second-order valence-electron chi connectivity index (χ2n) is 7.33. The van der Waals surface area contributed by atoms with Gasteiger partial charge in [0.15, 0.2) is 0 Å². The maximum absolute atomic E-state index is 12.5. The van der Waals surface area contributed by atoms with Crippen molar-refractivity contribution in [3.8, 4) is 0 Å². The molecule has 1 aromatic carbocycles. The van der Waals surface area contributed by atoms with Crippen LogP contribution >= 0.6 is 0 Å². The summed E-state index contributed by atoms with van der Waals surface area (Å²) in [6, 6.07) is 4.37. The van der Waals surface area contributed by atoms with Gasteiger partial charge >= 0.3 is 5.97 Å². The predicted molar refractivity (Wildman–Crippen MR) is 95.4 cm³/mol. The largest absolute Gasteiger partial charge is 0.480 e. The second-order valence-corrected chi connectivity index (χ2v) is 7.33. The molecule has 2 aliphatic rings. The number of rotatable bonds is 5. The van der Waals surface area contributed by atoms with Crippen molar-refractivity contribution < 1.29 is 19.6 Å².